The topological polar surface area (TPSA) is 45.2 Å². The monoisotopic (exact) mass is 325 g/mol. The lowest BCUT2D eigenvalue weighted by molar-refractivity contribution is 0.206. The quantitative estimate of drug-likeness (QED) is 0.789. The third kappa shape index (κ3) is 4.52. The van der Waals surface area contributed by atoms with Crippen LogP contribution >= 0.6 is 0 Å². The number of pyridine rings is 1. The number of amides is 2. The SMILES string of the molecule is C=CCN(CC=C)C(=O)N[C@H](c1ccncc1)c1ccc(F)cc1. The predicted octanol–water partition coefficient (Wildman–Crippen LogP) is 3.69. The van der Waals surface area contributed by atoms with Gasteiger partial charge in [-0.05, 0) is 35.4 Å². The highest BCUT2D eigenvalue weighted by Gasteiger charge is 2.19. The van der Waals surface area contributed by atoms with E-state index in [4.69, 9.17) is 0 Å². The van der Waals surface area contributed by atoms with Crippen molar-refractivity contribution < 1.29 is 9.18 Å². The molecule has 0 aliphatic rings. The van der Waals surface area contributed by atoms with E-state index in [0.717, 1.165) is 11.1 Å². The van der Waals surface area contributed by atoms with Crippen LogP contribution in [0, 0.1) is 5.82 Å². The number of hydrogen-bond donors (Lipinski definition) is 1. The predicted molar refractivity (Wildman–Crippen MR) is 93.0 cm³/mol. The van der Waals surface area contributed by atoms with Gasteiger partial charge in [0.25, 0.3) is 0 Å². The van der Waals surface area contributed by atoms with E-state index >= 15 is 0 Å². The van der Waals surface area contributed by atoms with Crippen molar-refractivity contribution in [2.75, 3.05) is 13.1 Å². The summed E-state index contributed by atoms with van der Waals surface area (Å²) in [5.74, 6) is -0.321. The molecule has 1 atom stereocenters. The molecule has 1 N–H and O–H groups in total. The second kappa shape index (κ2) is 8.62. The summed E-state index contributed by atoms with van der Waals surface area (Å²) >= 11 is 0. The highest BCUT2D eigenvalue weighted by molar-refractivity contribution is 5.75. The number of halogens is 1. The smallest absolute Gasteiger partial charge is 0.318 e. The standard InChI is InChI=1S/C19H20FN3O/c1-3-13-23(14-4-2)19(24)22-18(16-9-11-21-12-10-16)15-5-7-17(20)8-6-15/h3-12,18H,1-2,13-14H2,(H,22,24)/t18-/m0/s1. The highest BCUT2D eigenvalue weighted by Crippen LogP contribution is 2.22. The van der Waals surface area contributed by atoms with Crippen molar-refractivity contribution in [2.24, 2.45) is 0 Å². The molecular weight excluding hydrogens is 305 g/mol. The third-order valence-corrected chi connectivity index (χ3v) is 3.50. The van der Waals surface area contributed by atoms with E-state index in [1.54, 1.807) is 41.6 Å². The summed E-state index contributed by atoms with van der Waals surface area (Å²) in [6.07, 6.45) is 6.62. The van der Waals surface area contributed by atoms with Crippen molar-refractivity contribution in [3.8, 4) is 0 Å². The molecule has 0 saturated carbocycles. The average molecular weight is 325 g/mol. The maximum absolute atomic E-state index is 13.2. The van der Waals surface area contributed by atoms with Gasteiger partial charge >= 0.3 is 6.03 Å². The Bertz CT molecular complexity index is 676. The number of carbonyl (C=O) groups excluding carboxylic acids is 1. The zero-order valence-corrected chi connectivity index (χ0v) is 13.4. The Balaban J connectivity index is 2.29. The summed E-state index contributed by atoms with van der Waals surface area (Å²) in [6.45, 7) is 8.14. The molecule has 0 aliphatic carbocycles. The second-order valence-electron chi connectivity index (χ2n) is 5.20. The summed E-state index contributed by atoms with van der Waals surface area (Å²) in [5, 5.41) is 2.98. The molecule has 24 heavy (non-hydrogen) atoms. The van der Waals surface area contributed by atoms with Crippen molar-refractivity contribution in [2.45, 2.75) is 6.04 Å². The Kier molecular flexibility index (Phi) is 6.25. The van der Waals surface area contributed by atoms with E-state index < -0.39 is 6.04 Å². The van der Waals surface area contributed by atoms with Gasteiger partial charge in [0.15, 0.2) is 0 Å². The Labute approximate surface area is 141 Å². The van der Waals surface area contributed by atoms with Crippen molar-refractivity contribution in [1.29, 1.82) is 0 Å². The van der Waals surface area contributed by atoms with Gasteiger partial charge in [-0.2, -0.15) is 0 Å². The Morgan fingerprint density at radius 2 is 1.62 bits per heavy atom. The molecule has 124 valence electrons. The van der Waals surface area contributed by atoms with Crippen molar-refractivity contribution in [3.63, 3.8) is 0 Å². The molecule has 0 unspecified atom stereocenters. The Hall–Kier alpha value is -2.95. The minimum absolute atomic E-state index is 0.249. The fourth-order valence-corrected chi connectivity index (χ4v) is 2.34. The summed E-state index contributed by atoms with van der Waals surface area (Å²) in [7, 11) is 0. The molecule has 0 saturated heterocycles. The fourth-order valence-electron chi connectivity index (χ4n) is 2.34. The highest BCUT2D eigenvalue weighted by atomic mass is 19.1. The van der Waals surface area contributed by atoms with Gasteiger partial charge in [0.2, 0.25) is 0 Å². The van der Waals surface area contributed by atoms with Crippen LogP contribution in [0.5, 0.6) is 0 Å². The van der Waals surface area contributed by atoms with Gasteiger partial charge in [-0.3, -0.25) is 4.98 Å². The van der Waals surface area contributed by atoms with Crippen LogP contribution in [0.3, 0.4) is 0 Å². The molecule has 5 heteroatoms. The van der Waals surface area contributed by atoms with Gasteiger partial charge in [0.1, 0.15) is 5.82 Å². The maximum atomic E-state index is 13.2. The Morgan fingerprint density at radius 3 is 2.17 bits per heavy atom. The second-order valence-corrected chi connectivity index (χ2v) is 5.20. The number of aromatic nitrogens is 1. The van der Waals surface area contributed by atoms with Crippen LogP contribution in [0.25, 0.3) is 0 Å². The van der Waals surface area contributed by atoms with E-state index in [-0.39, 0.29) is 11.8 Å². The number of rotatable bonds is 7. The number of carbonyl (C=O) groups is 1. The van der Waals surface area contributed by atoms with Crippen molar-refractivity contribution in [3.05, 3.63) is 91.0 Å². The van der Waals surface area contributed by atoms with Crippen molar-refractivity contribution in [1.82, 2.24) is 15.2 Å². The molecule has 4 nitrogen and oxygen atoms in total. The first-order valence-corrected chi connectivity index (χ1v) is 7.58. The molecule has 0 aliphatic heterocycles. The van der Waals surface area contributed by atoms with Crippen LogP contribution in [0.1, 0.15) is 17.2 Å². The number of nitrogens with one attached hydrogen (secondary N) is 1. The third-order valence-electron chi connectivity index (χ3n) is 3.50. The molecule has 1 aromatic heterocycles. The number of nitrogens with zero attached hydrogens (tertiary/aromatic N) is 2. The first kappa shape index (κ1) is 17.4. The average Bonchev–Trinajstić information content (AvgIpc) is 2.61. The number of benzene rings is 1. The number of hydrogen-bond acceptors (Lipinski definition) is 2. The van der Waals surface area contributed by atoms with Crippen LogP contribution in [-0.4, -0.2) is 29.0 Å². The zero-order chi connectivity index (χ0) is 17.4. The maximum Gasteiger partial charge on any atom is 0.318 e. The molecule has 0 spiro atoms. The summed E-state index contributed by atoms with van der Waals surface area (Å²) in [4.78, 5) is 18.2. The van der Waals surface area contributed by atoms with Crippen LogP contribution in [0.4, 0.5) is 9.18 Å². The molecule has 1 aromatic carbocycles. The van der Waals surface area contributed by atoms with Gasteiger partial charge in [0, 0.05) is 25.5 Å². The summed E-state index contributed by atoms with van der Waals surface area (Å²) in [5.41, 5.74) is 1.65. The minimum atomic E-state index is -0.404. The lowest BCUT2D eigenvalue weighted by Gasteiger charge is -2.25. The minimum Gasteiger partial charge on any atom is -0.327 e. The van der Waals surface area contributed by atoms with Gasteiger partial charge in [-0.15, -0.1) is 13.2 Å². The van der Waals surface area contributed by atoms with Crippen LogP contribution < -0.4 is 5.32 Å². The van der Waals surface area contributed by atoms with E-state index in [2.05, 4.69) is 23.5 Å². The van der Waals surface area contributed by atoms with E-state index in [1.807, 2.05) is 12.1 Å². The molecule has 0 radical (unpaired) electrons. The normalized spacial score (nSPS) is 11.4. The van der Waals surface area contributed by atoms with Gasteiger partial charge in [-0.25, -0.2) is 9.18 Å². The lowest BCUT2D eigenvalue weighted by Crippen LogP contribution is -2.42. The largest absolute Gasteiger partial charge is 0.327 e. The van der Waals surface area contributed by atoms with Crippen LogP contribution in [-0.2, 0) is 0 Å². The first-order chi connectivity index (χ1) is 11.7. The van der Waals surface area contributed by atoms with Gasteiger partial charge < -0.3 is 10.2 Å². The summed E-state index contributed by atoms with van der Waals surface area (Å²) in [6, 6.07) is 9.05. The van der Waals surface area contributed by atoms with Crippen LogP contribution in [0.15, 0.2) is 74.1 Å². The van der Waals surface area contributed by atoms with E-state index in [9.17, 15) is 9.18 Å². The molecule has 1 heterocycles. The molecule has 2 amide bonds. The van der Waals surface area contributed by atoms with Crippen LogP contribution in [0.2, 0.25) is 0 Å². The first-order valence-electron chi connectivity index (χ1n) is 7.58. The molecule has 0 fully saturated rings. The van der Waals surface area contributed by atoms with E-state index in [0.29, 0.717) is 13.1 Å². The fraction of sp³-hybridized carbons (Fsp3) is 0.158. The summed E-state index contributed by atoms with van der Waals surface area (Å²) < 4.78 is 13.2. The molecule has 0 bridgehead atoms. The van der Waals surface area contributed by atoms with Gasteiger partial charge in [-0.1, -0.05) is 24.3 Å². The zero-order valence-electron chi connectivity index (χ0n) is 13.4. The lowest BCUT2D eigenvalue weighted by atomic mass is 10.00. The van der Waals surface area contributed by atoms with E-state index in [1.165, 1.54) is 12.1 Å². The number of urea groups is 1. The molecule has 2 rings (SSSR count). The van der Waals surface area contributed by atoms with Crippen molar-refractivity contribution >= 4 is 6.03 Å². The Morgan fingerprint density at radius 1 is 1.08 bits per heavy atom. The molecule has 2 aromatic rings. The van der Waals surface area contributed by atoms with Gasteiger partial charge in [0.05, 0.1) is 6.04 Å². The molecular formula is C19H20FN3O.